The van der Waals surface area contributed by atoms with Crippen molar-refractivity contribution < 1.29 is 4.79 Å². The second-order valence-corrected chi connectivity index (χ2v) is 3.46. The van der Waals surface area contributed by atoms with Crippen molar-refractivity contribution in [2.24, 2.45) is 0 Å². The Balaban J connectivity index is 2.72. The zero-order valence-electron chi connectivity index (χ0n) is 9.29. The van der Waals surface area contributed by atoms with Crippen molar-refractivity contribution in [2.75, 3.05) is 19.3 Å². The van der Waals surface area contributed by atoms with Crippen LogP contribution in [0.25, 0.3) is 0 Å². The maximum Gasteiger partial charge on any atom is 0.233 e. The summed E-state index contributed by atoms with van der Waals surface area (Å²) in [6.45, 7) is 2.80. The molecule has 0 aliphatic rings. The highest BCUT2D eigenvalue weighted by Gasteiger charge is 2.10. The van der Waals surface area contributed by atoms with Crippen molar-refractivity contribution in [1.82, 2.24) is 14.9 Å². The second kappa shape index (κ2) is 5.50. The van der Waals surface area contributed by atoms with Crippen LogP contribution in [0.4, 0.5) is 5.95 Å². The maximum absolute atomic E-state index is 11.6. The number of rotatable bonds is 5. The molecule has 1 rings (SSSR count). The lowest BCUT2D eigenvalue weighted by Crippen LogP contribution is -2.12. The Morgan fingerprint density at radius 1 is 1.67 bits per heavy atom. The molecule has 0 aliphatic carbocycles. The molecule has 1 aromatic rings. The predicted molar refractivity (Wildman–Crippen MR) is 59.8 cm³/mol. The molecule has 84 valence electrons. The van der Waals surface area contributed by atoms with Gasteiger partial charge in [-0.15, -0.1) is 0 Å². The summed E-state index contributed by atoms with van der Waals surface area (Å²) in [4.78, 5) is 15.7. The molecule has 0 spiro atoms. The number of aromatic nitrogens is 2. The summed E-state index contributed by atoms with van der Waals surface area (Å²) in [5.41, 5.74) is 6.51. The SMILES string of the molecule is CCCC(=O)n1cc(CCNC)nc1N. The minimum atomic E-state index is 0.0122. The van der Waals surface area contributed by atoms with Gasteiger partial charge in [0.1, 0.15) is 0 Å². The van der Waals surface area contributed by atoms with Crippen LogP contribution in [0.5, 0.6) is 0 Å². The Labute approximate surface area is 89.7 Å². The van der Waals surface area contributed by atoms with E-state index in [1.807, 2.05) is 14.0 Å². The summed E-state index contributed by atoms with van der Waals surface area (Å²) in [6, 6.07) is 0. The van der Waals surface area contributed by atoms with Crippen LogP contribution in [0.3, 0.4) is 0 Å². The fourth-order valence-corrected chi connectivity index (χ4v) is 1.35. The van der Waals surface area contributed by atoms with Crippen LogP contribution in [-0.2, 0) is 6.42 Å². The quantitative estimate of drug-likeness (QED) is 0.749. The minimum absolute atomic E-state index is 0.0122. The van der Waals surface area contributed by atoms with Crippen molar-refractivity contribution in [3.8, 4) is 0 Å². The number of nitrogens with two attached hydrogens (primary N) is 1. The predicted octanol–water partition coefficient (Wildman–Crippen LogP) is 0.667. The first kappa shape index (κ1) is 11.7. The largest absolute Gasteiger partial charge is 0.369 e. The lowest BCUT2D eigenvalue weighted by Gasteiger charge is -1.99. The molecule has 0 aliphatic heterocycles. The number of hydrogen-bond donors (Lipinski definition) is 2. The topological polar surface area (TPSA) is 72.9 Å². The molecule has 0 radical (unpaired) electrons. The van der Waals surface area contributed by atoms with E-state index in [1.165, 1.54) is 4.57 Å². The van der Waals surface area contributed by atoms with Gasteiger partial charge in [0.05, 0.1) is 5.69 Å². The van der Waals surface area contributed by atoms with Gasteiger partial charge in [-0.25, -0.2) is 4.98 Å². The standard InChI is InChI=1S/C10H18N4O/c1-3-4-9(15)14-7-8(5-6-12-2)13-10(14)11/h7,12H,3-6H2,1-2H3,(H2,11,13). The van der Waals surface area contributed by atoms with Crippen molar-refractivity contribution in [3.63, 3.8) is 0 Å². The zero-order valence-corrected chi connectivity index (χ0v) is 9.29. The first-order valence-corrected chi connectivity index (χ1v) is 5.20. The van der Waals surface area contributed by atoms with Gasteiger partial charge in [-0.2, -0.15) is 0 Å². The molecule has 5 heteroatoms. The van der Waals surface area contributed by atoms with Crippen LogP contribution in [0.1, 0.15) is 30.3 Å². The Morgan fingerprint density at radius 2 is 2.40 bits per heavy atom. The second-order valence-electron chi connectivity index (χ2n) is 3.46. The van der Waals surface area contributed by atoms with Crippen LogP contribution in [0.2, 0.25) is 0 Å². The number of carbonyl (C=O) groups is 1. The molecule has 0 fully saturated rings. The Kier molecular flexibility index (Phi) is 4.30. The Morgan fingerprint density at radius 3 is 3.00 bits per heavy atom. The highest BCUT2D eigenvalue weighted by Crippen LogP contribution is 2.07. The van der Waals surface area contributed by atoms with Gasteiger partial charge in [0.25, 0.3) is 0 Å². The van der Waals surface area contributed by atoms with E-state index in [0.717, 1.165) is 25.1 Å². The van der Waals surface area contributed by atoms with Crippen LogP contribution in [-0.4, -0.2) is 29.1 Å². The van der Waals surface area contributed by atoms with Crippen LogP contribution in [0.15, 0.2) is 6.20 Å². The number of hydrogen-bond acceptors (Lipinski definition) is 4. The van der Waals surface area contributed by atoms with Crippen molar-refractivity contribution >= 4 is 11.9 Å². The zero-order chi connectivity index (χ0) is 11.3. The first-order chi connectivity index (χ1) is 7.19. The van der Waals surface area contributed by atoms with Crippen LogP contribution >= 0.6 is 0 Å². The van der Waals surface area contributed by atoms with Crippen molar-refractivity contribution in [3.05, 3.63) is 11.9 Å². The number of nitrogens with zero attached hydrogens (tertiary/aromatic N) is 2. The molecule has 3 N–H and O–H groups in total. The highest BCUT2D eigenvalue weighted by atomic mass is 16.2. The van der Waals surface area contributed by atoms with Crippen molar-refractivity contribution in [2.45, 2.75) is 26.2 Å². The number of nitrogen functional groups attached to an aromatic ring is 1. The average molecular weight is 210 g/mol. The van der Waals surface area contributed by atoms with E-state index >= 15 is 0 Å². The lowest BCUT2D eigenvalue weighted by molar-refractivity contribution is 0.0904. The summed E-state index contributed by atoms with van der Waals surface area (Å²) in [6.07, 6.45) is 3.84. The van der Waals surface area contributed by atoms with Gasteiger partial charge in [-0.1, -0.05) is 6.92 Å². The van der Waals surface area contributed by atoms with E-state index in [9.17, 15) is 4.79 Å². The van der Waals surface area contributed by atoms with Gasteiger partial charge in [-0.05, 0) is 13.5 Å². The molecular formula is C10H18N4O. The lowest BCUT2D eigenvalue weighted by atomic mass is 10.3. The molecule has 0 atom stereocenters. The number of anilines is 1. The molecule has 5 nitrogen and oxygen atoms in total. The summed E-state index contributed by atoms with van der Waals surface area (Å²) in [5, 5.41) is 3.02. The number of imidazole rings is 1. The molecule has 1 aromatic heterocycles. The summed E-state index contributed by atoms with van der Waals surface area (Å²) < 4.78 is 1.44. The van der Waals surface area contributed by atoms with Gasteiger partial charge in [-0.3, -0.25) is 9.36 Å². The fraction of sp³-hybridized carbons (Fsp3) is 0.600. The Hall–Kier alpha value is -1.36. The molecule has 0 saturated carbocycles. The van der Waals surface area contributed by atoms with Crippen LogP contribution in [0, 0.1) is 0 Å². The van der Waals surface area contributed by atoms with E-state index in [2.05, 4.69) is 10.3 Å². The molecule has 1 heterocycles. The Bertz CT molecular complexity index is 332. The van der Waals surface area contributed by atoms with Gasteiger partial charge in [0.2, 0.25) is 11.9 Å². The molecule has 0 saturated heterocycles. The molecule has 15 heavy (non-hydrogen) atoms. The molecule has 0 aromatic carbocycles. The molecule has 0 unspecified atom stereocenters. The fourth-order valence-electron chi connectivity index (χ4n) is 1.35. The summed E-state index contributed by atoms with van der Waals surface area (Å²) in [5.74, 6) is 0.303. The summed E-state index contributed by atoms with van der Waals surface area (Å²) >= 11 is 0. The molecular weight excluding hydrogens is 192 g/mol. The maximum atomic E-state index is 11.6. The van der Waals surface area contributed by atoms with Gasteiger partial charge >= 0.3 is 0 Å². The third-order valence-corrected chi connectivity index (χ3v) is 2.15. The van der Waals surface area contributed by atoms with E-state index < -0.39 is 0 Å². The van der Waals surface area contributed by atoms with Crippen LogP contribution < -0.4 is 11.1 Å². The molecule has 0 bridgehead atoms. The van der Waals surface area contributed by atoms with Gasteiger partial charge < -0.3 is 11.1 Å². The van der Waals surface area contributed by atoms with E-state index in [1.54, 1.807) is 6.20 Å². The molecule has 0 amide bonds. The third kappa shape index (κ3) is 3.06. The van der Waals surface area contributed by atoms with Gasteiger partial charge in [0, 0.05) is 25.6 Å². The first-order valence-electron chi connectivity index (χ1n) is 5.20. The smallest absolute Gasteiger partial charge is 0.233 e. The number of carbonyl (C=O) groups excluding carboxylic acids is 1. The summed E-state index contributed by atoms with van der Waals surface area (Å²) in [7, 11) is 1.88. The van der Waals surface area contributed by atoms with E-state index in [0.29, 0.717) is 12.4 Å². The monoisotopic (exact) mass is 210 g/mol. The highest BCUT2D eigenvalue weighted by molar-refractivity contribution is 5.81. The average Bonchev–Trinajstić information content (AvgIpc) is 2.57. The normalized spacial score (nSPS) is 10.5. The van der Waals surface area contributed by atoms with E-state index in [-0.39, 0.29) is 5.91 Å². The minimum Gasteiger partial charge on any atom is -0.369 e. The van der Waals surface area contributed by atoms with E-state index in [4.69, 9.17) is 5.73 Å². The third-order valence-electron chi connectivity index (χ3n) is 2.15. The van der Waals surface area contributed by atoms with Crippen molar-refractivity contribution in [1.29, 1.82) is 0 Å². The van der Waals surface area contributed by atoms with Gasteiger partial charge in [0.15, 0.2) is 0 Å². The number of nitrogens with one attached hydrogen (secondary N) is 1. The number of likely N-dealkylation sites (N-methyl/N-ethyl adjacent to an activating group) is 1.